The van der Waals surface area contributed by atoms with Crippen LogP contribution in [0.15, 0.2) is 18.2 Å². The van der Waals surface area contributed by atoms with Gasteiger partial charge in [0.2, 0.25) is 0 Å². The third kappa shape index (κ3) is 2.11. The fourth-order valence-electron chi connectivity index (χ4n) is 3.06. The Hall–Kier alpha value is -2.10. The van der Waals surface area contributed by atoms with Gasteiger partial charge in [-0.2, -0.15) is 5.10 Å². The van der Waals surface area contributed by atoms with Crippen molar-refractivity contribution < 1.29 is 9.90 Å². The molecule has 4 heteroatoms. The number of hydrogen-bond acceptors (Lipinski definition) is 2. The highest BCUT2D eigenvalue weighted by Crippen LogP contribution is 2.23. The van der Waals surface area contributed by atoms with Gasteiger partial charge in [0.15, 0.2) is 0 Å². The van der Waals surface area contributed by atoms with E-state index in [1.807, 2.05) is 6.92 Å². The Bertz CT molecular complexity index is 686. The topological polar surface area (TPSA) is 55.1 Å². The summed E-state index contributed by atoms with van der Waals surface area (Å²) in [6.07, 6.45) is 3.57. The molecule has 0 fully saturated rings. The van der Waals surface area contributed by atoms with Crippen molar-refractivity contribution in [1.82, 2.24) is 9.78 Å². The van der Waals surface area contributed by atoms with Crippen molar-refractivity contribution in [2.24, 2.45) is 0 Å². The van der Waals surface area contributed by atoms with E-state index in [-0.39, 0.29) is 0 Å². The molecule has 0 atom stereocenters. The Kier molecular flexibility index (Phi) is 3.08. The quantitative estimate of drug-likeness (QED) is 0.933. The number of aromatic carboxylic acids is 1. The Balaban J connectivity index is 1.92. The number of hydrogen-bond donors (Lipinski definition) is 1. The van der Waals surface area contributed by atoms with Crippen LogP contribution in [0.2, 0.25) is 0 Å². The minimum atomic E-state index is -0.903. The summed E-state index contributed by atoms with van der Waals surface area (Å²) in [6.45, 7) is 4.19. The molecule has 1 heterocycles. The number of benzene rings is 1. The molecular weight excluding hydrogens is 252 g/mol. The van der Waals surface area contributed by atoms with E-state index < -0.39 is 5.97 Å². The normalized spacial score (nSPS) is 13.5. The van der Waals surface area contributed by atoms with E-state index in [1.54, 1.807) is 11.6 Å². The summed E-state index contributed by atoms with van der Waals surface area (Å²) in [4.78, 5) is 11.2. The maximum Gasteiger partial charge on any atom is 0.339 e. The van der Waals surface area contributed by atoms with Crippen molar-refractivity contribution in [3.63, 3.8) is 0 Å². The Morgan fingerprint density at radius 3 is 2.75 bits per heavy atom. The molecule has 3 rings (SSSR count). The summed E-state index contributed by atoms with van der Waals surface area (Å²) in [5, 5.41) is 13.6. The van der Waals surface area contributed by atoms with Gasteiger partial charge >= 0.3 is 5.97 Å². The first-order valence-corrected chi connectivity index (χ1v) is 6.94. The van der Waals surface area contributed by atoms with Gasteiger partial charge in [-0.15, -0.1) is 0 Å². The predicted octanol–water partition coefficient (Wildman–Crippen LogP) is 2.74. The monoisotopic (exact) mass is 270 g/mol. The smallest absolute Gasteiger partial charge is 0.339 e. The number of aryl methyl sites for hydroxylation is 3. The molecule has 1 aromatic carbocycles. The molecule has 0 bridgehead atoms. The number of carboxylic acid groups (broad SMARTS) is 1. The van der Waals surface area contributed by atoms with Crippen LogP contribution in [0.5, 0.6) is 0 Å². The summed E-state index contributed by atoms with van der Waals surface area (Å²) in [5.41, 5.74) is 5.70. The second-order valence-electron chi connectivity index (χ2n) is 5.47. The van der Waals surface area contributed by atoms with Gasteiger partial charge in [-0.25, -0.2) is 4.79 Å². The van der Waals surface area contributed by atoms with Gasteiger partial charge in [0.05, 0.1) is 17.9 Å². The zero-order valence-electron chi connectivity index (χ0n) is 11.8. The van der Waals surface area contributed by atoms with Crippen LogP contribution >= 0.6 is 0 Å². The van der Waals surface area contributed by atoms with Crippen molar-refractivity contribution in [2.75, 3.05) is 0 Å². The van der Waals surface area contributed by atoms with Crippen LogP contribution in [-0.2, 0) is 19.4 Å². The lowest BCUT2D eigenvalue weighted by Crippen LogP contribution is -2.06. The zero-order chi connectivity index (χ0) is 14.3. The van der Waals surface area contributed by atoms with Crippen molar-refractivity contribution >= 4 is 5.97 Å². The molecule has 0 unspecified atom stereocenters. The molecule has 20 heavy (non-hydrogen) atoms. The first-order chi connectivity index (χ1) is 9.56. The Morgan fingerprint density at radius 2 is 2.05 bits per heavy atom. The van der Waals surface area contributed by atoms with Gasteiger partial charge in [0.25, 0.3) is 0 Å². The van der Waals surface area contributed by atoms with E-state index in [2.05, 4.69) is 23.3 Å². The average molecular weight is 270 g/mol. The lowest BCUT2D eigenvalue weighted by Gasteiger charge is -2.07. The lowest BCUT2D eigenvalue weighted by atomic mass is 10.1. The van der Waals surface area contributed by atoms with Crippen molar-refractivity contribution in [3.8, 4) is 0 Å². The van der Waals surface area contributed by atoms with Crippen LogP contribution in [0.3, 0.4) is 0 Å². The van der Waals surface area contributed by atoms with Crippen LogP contribution < -0.4 is 0 Å². The second-order valence-corrected chi connectivity index (χ2v) is 5.47. The summed E-state index contributed by atoms with van der Waals surface area (Å²) < 4.78 is 1.79. The SMILES string of the molecule is Cc1nn(Cc2ccc3c(c2)CCC3)c(C)c1C(=O)O. The minimum absolute atomic E-state index is 0.325. The maximum atomic E-state index is 11.2. The Morgan fingerprint density at radius 1 is 1.30 bits per heavy atom. The molecule has 0 saturated carbocycles. The maximum absolute atomic E-state index is 11.2. The predicted molar refractivity (Wildman–Crippen MR) is 76.2 cm³/mol. The molecule has 0 amide bonds. The van der Waals surface area contributed by atoms with E-state index in [9.17, 15) is 9.90 Å². The van der Waals surface area contributed by atoms with Crippen LogP contribution in [0.25, 0.3) is 0 Å². The summed E-state index contributed by atoms with van der Waals surface area (Å²) in [5.74, 6) is -0.903. The molecule has 0 spiro atoms. The first-order valence-electron chi connectivity index (χ1n) is 6.94. The fraction of sp³-hybridized carbons (Fsp3) is 0.375. The number of fused-ring (bicyclic) bond motifs is 1. The third-order valence-corrected chi connectivity index (χ3v) is 4.09. The largest absolute Gasteiger partial charge is 0.478 e. The van der Waals surface area contributed by atoms with Crippen LogP contribution in [-0.4, -0.2) is 20.9 Å². The minimum Gasteiger partial charge on any atom is -0.478 e. The van der Waals surface area contributed by atoms with Gasteiger partial charge in [0, 0.05) is 0 Å². The van der Waals surface area contributed by atoms with Crippen molar-refractivity contribution in [1.29, 1.82) is 0 Å². The van der Waals surface area contributed by atoms with Crippen LogP contribution in [0.4, 0.5) is 0 Å². The van der Waals surface area contributed by atoms with Gasteiger partial charge in [-0.3, -0.25) is 4.68 Å². The standard InChI is InChI=1S/C16H18N2O2/c1-10-15(16(19)20)11(2)18(17-10)9-12-6-7-13-4-3-5-14(13)8-12/h6-8H,3-5,9H2,1-2H3,(H,19,20). The molecule has 104 valence electrons. The fourth-order valence-corrected chi connectivity index (χ4v) is 3.06. The van der Waals surface area contributed by atoms with E-state index in [0.29, 0.717) is 17.8 Å². The van der Waals surface area contributed by atoms with E-state index in [0.717, 1.165) is 12.1 Å². The molecule has 0 aliphatic heterocycles. The number of carboxylic acids is 1. The molecule has 1 aliphatic carbocycles. The van der Waals surface area contributed by atoms with E-state index >= 15 is 0 Å². The number of nitrogens with zero attached hydrogens (tertiary/aromatic N) is 2. The first kappa shape index (κ1) is 12.9. The summed E-state index contributed by atoms with van der Waals surface area (Å²) in [7, 11) is 0. The highest BCUT2D eigenvalue weighted by atomic mass is 16.4. The average Bonchev–Trinajstić information content (AvgIpc) is 2.94. The van der Waals surface area contributed by atoms with Crippen LogP contribution in [0.1, 0.15) is 44.9 Å². The molecule has 0 saturated heterocycles. The molecular formula is C16H18N2O2. The third-order valence-electron chi connectivity index (χ3n) is 4.09. The summed E-state index contributed by atoms with van der Waals surface area (Å²) >= 11 is 0. The second kappa shape index (κ2) is 4.78. The van der Waals surface area contributed by atoms with Crippen LogP contribution in [0, 0.1) is 13.8 Å². The Labute approximate surface area is 118 Å². The molecule has 1 aliphatic rings. The van der Waals surface area contributed by atoms with Crippen molar-refractivity contribution in [2.45, 2.75) is 39.7 Å². The van der Waals surface area contributed by atoms with E-state index in [4.69, 9.17) is 0 Å². The molecule has 0 radical (unpaired) electrons. The molecule has 4 nitrogen and oxygen atoms in total. The number of aromatic nitrogens is 2. The molecule has 1 N–H and O–H groups in total. The van der Waals surface area contributed by atoms with Gasteiger partial charge in [-0.1, -0.05) is 18.2 Å². The lowest BCUT2D eigenvalue weighted by molar-refractivity contribution is 0.0695. The number of carbonyl (C=O) groups is 1. The van der Waals surface area contributed by atoms with Crippen molar-refractivity contribution in [3.05, 3.63) is 51.8 Å². The zero-order valence-corrected chi connectivity index (χ0v) is 11.8. The van der Waals surface area contributed by atoms with E-state index in [1.165, 1.54) is 29.5 Å². The van der Waals surface area contributed by atoms with Gasteiger partial charge in [-0.05, 0) is 49.8 Å². The molecule has 2 aromatic rings. The van der Waals surface area contributed by atoms with Gasteiger partial charge in [0.1, 0.15) is 5.56 Å². The highest BCUT2D eigenvalue weighted by Gasteiger charge is 2.18. The molecule has 1 aromatic heterocycles. The van der Waals surface area contributed by atoms with Gasteiger partial charge < -0.3 is 5.11 Å². The highest BCUT2D eigenvalue weighted by molar-refractivity contribution is 5.90. The summed E-state index contributed by atoms with van der Waals surface area (Å²) in [6, 6.07) is 6.56. The number of rotatable bonds is 3.